The Kier molecular flexibility index (Phi) is 4.57. The second-order valence-corrected chi connectivity index (χ2v) is 10.2. The number of fused-ring (bicyclic) bond motifs is 2. The van der Waals surface area contributed by atoms with E-state index in [0.29, 0.717) is 35.6 Å². The van der Waals surface area contributed by atoms with Crippen molar-refractivity contribution in [2.24, 2.45) is 5.92 Å². The molecule has 0 radical (unpaired) electrons. The second-order valence-electron chi connectivity index (χ2n) is 10.2. The molecule has 6 rings (SSSR count). The van der Waals surface area contributed by atoms with E-state index in [9.17, 15) is 4.79 Å². The van der Waals surface area contributed by atoms with Crippen LogP contribution in [0.25, 0.3) is 10.8 Å². The highest BCUT2D eigenvalue weighted by Crippen LogP contribution is 2.49. The van der Waals surface area contributed by atoms with Gasteiger partial charge in [-0.15, -0.1) is 0 Å². The number of carbonyl (C=O) groups is 1. The number of hydrogen-bond acceptors (Lipinski definition) is 7. The summed E-state index contributed by atoms with van der Waals surface area (Å²) in [5.41, 5.74) is 2.55. The average molecular weight is 445 g/mol. The number of carbonyl (C=O) groups excluding carboxylic acids is 1. The van der Waals surface area contributed by atoms with Crippen molar-refractivity contribution in [3.63, 3.8) is 0 Å². The first-order chi connectivity index (χ1) is 15.9. The van der Waals surface area contributed by atoms with E-state index < -0.39 is 0 Å². The van der Waals surface area contributed by atoms with Crippen LogP contribution in [0.1, 0.15) is 74.0 Å². The standard InChI is InChI=1S/C26H28N4O3/c1-14-13-32-25(31)17-8-9-21(30-23(14)17)29-22-10-18-19(11-27-22)24(33-16-6-7-16)28-12-20(18)26(2,3)15-4-5-15/h8-12,14-16H,4-7,13H2,1-3H3,(H,27,29,30)/t14-/m0/s1. The van der Waals surface area contributed by atoms with E-state index in [1.165, 1.54) is 18.4 Å². The first kappa shape index (κ1) is 20.4. The minimum Gasteiger partial charge on any atom is -0.474 e. The molecule has 0 amide bonds. The molecule has 3 aliphatic rings. The number of hydrogen-bond donors (Lipinski definition) is 1. The van der Waals surface area contributed by atoms with Crippen LogP contribution < -0.4 is 10.1 Å². The summed E-state index contributed by atoms with van der Waals surface area (Å²) in [6.07, 6.45) is 8.80. The lowest BCUT2D eigenvalue weighted by molar-refractivity contribution is 0.0445. The molecule has 2 saturated carbocycles. The molecule has 4 heterocycles. The van der Waals surface area contributed by atoms with Gasteiger partial charge in [-0.05, 0) is 66.2 Å². The summed E-state index contributed by atoms with van der Waals surface area (Å²) in [4.78, 5) is 26.1. The van der Waals surface area contributed by atoms with Crippen LogP contribution in [0.2, 0.25) is 0 Å². The molecule has 0 bridgehead atoms. The van der Waals surface area contributed by atoms with E-state index in [-0.39, 0.29) is 23.4 Å². The van der Waals surface area contributed by atoms with Crippen molar-refractivity contribution < 1.29 is 14.3 Å². The lowest BCUT2D eigenvalue weighted by Crippen LogP contribution is -2.22. The van der Waals surface area contributed by atoms with Gasteiger partial charge in [0.15, 0.2) is 0 Å². The average Bonchev–Trinajstić information content (AvgIpc) is 3.70. The summed E-state index contributed by atoms with van der Waals surface area (Å²) >= 11 is 0. The minimum atomic E-state index is -0.311. The predicted octanol–water partition coefficient (Wildman–Crippen LogP) is 5.27. The van der Waals surface area contributed by atoms with Crippen LogP contribution in [0.3, 0.4) is 0 Å². The van der Waals surface area contributed by atoms with Crippen LogP contribution in [-0.2, 0) is 10.2 Å². The summed E-state index contributed by atoms with van der Waals surface area (Å²) in [7, 11) is 0. The number of esters is 1. The van der Waals surface area contributed by atoms with E-state index in [4.69, 9.17) is 19.4 Å². The molecule has 3 aromatic rings. The largest absolute Gasteiger partial charge is 0.474 e. The summed E-state index contributed by atoms with van der Waals surface area (Å²) < 4.78 is 11.3. The fraction of sp³-hybridized carbons (Fsp3) is 0.462. The van der Waals surface area contributed by atoms with Gasteiger partial charge in [-0.3, -0.25) is 0 Å². The molecule has 0 aromatic carbocycles. The van der Waals surface area contributed by atoms with Gasteiger partial charge in [-0.2, -0.15) is 0 Å². The smallest absolute Gasteiger partial charge is 0.340 e. The zero-order valence-corrected chi connectivity index (χ0v) is 19.2. The van der Waals surface area contributed by atoms with Gasteiger partial charge in [0.1, 0.15) is 17.7 Å². The molecule has 7 heteroatoms. The molecule has 0 saturated heterocycles. The Labute approximate surface area is 192 Å². The number of nitrogens with zero attached hydrogens (tertiary/aromatic N) is 3. The van der Waals surface area contributed by atoms with Crippen LogP contribution in [-0.4, -0.2) is 33.6 Å². The highest BCUT2D eigenvalue weighted by Gasteiger charge is 2.40. The van der Waals surface area contributed by atoms with Crippen molar-refractivity contribution in [3.8, 4) is 5.88 Å². The third-order valence-corrected chi connectivity index (χ3v) is 7.16. The Balaban J connectivity index is 1.40. The molecule has 3 aromatic heterocycles. The van der Waals surface area contributed by atoms with Gasteiger partial charge < -0.3 is 14.8 Å². The molecular weight excluding hydrogens is 416 g/mol. The van der Waals surface area contributed by atoms with Gasteiger partial charge in [0, 0.05) is 18.3 Å². The van der Waals surface area contributed by atoms with Gasteiger partial charge >= 0.3 is 5.97 Å². The second kappa shape index (κ2) is 7.40. The van der Waals surface area contributed by atoms with E-state index in [0.717, 1.165) is 29.3 Å². The Hall–Kier alpha value is -3.22. The fourth-order valence-corrected chi connectivity index (χ4v) is 4.74. The van der Waals surface area contributed by atoms with Crippen molar-refractivity contribution in [2.45, 2.75) is 63.9 Å². The summed E-state index contributed by atoms with van der Waals surface area (Å²) in [5, 5.41) is 5.41. The maximum Gasteiger partial charge on any atom is 0.340 e. The predicted molar refractivity (Wildman–Crippen MR) is 125 cm³/mol. The highest BCUT2D eigenvalue weighted by atomic mass is 16.5. The molecule has 0 unspecified atom stereocenters. The quantitative estimate of drug-likeness (QED) is 0.518. The van der Waals surface area contributed by atoms with Crippen molar-refractivity contribution in [1.82, 2.24) is 15.0 Å². The van der Waals surface area contributed by atoms with Crippen LogP contribution in [0.4, 0.5) is 11.6 Å². The summed E-state index contributed by atoms with van der Waals surface area (Å²) in [6.45, 7) is 6.98. The van der Waals surface area contributed by atoms with Gasteiger partial charge in [-0.25, -0.2) is 19.7 Å². The van der Waals surface area contributed by atoms with E-state index in [1.54, 1.807) is 12.1 Å². The number of aromatic nitrogens is 3. The topological polar surface area (TPSA) is 86.2 Å². The van der Waals surface area contributed by atoms with Crippen molar-refractivity contribution >= 4 is 28.4 Å². The van der Waals surface area contributed by atoms with Crippen LogP contribution in [0.5, 0.6) is 5.88 Å². The van der Waals surface area contributed by atoms with E-state index in [1.807, 2.05) is 19.3 Å². The molecule has 1 aliphatic heterocycles. The summed E-state index contributed by atoms with van der Waals surface area (Å²) in [6, 6.07) is 5.65. The molecule has 1 N–H and O–H groups in total. The van der Waals surface area contributed by atoms with Gasteiger partial charge in [-0.1, -0.05) is 20.8 Å². The maximum atomic E-state index is 12.0. The Morgan fingerprint density at radius 1 is 1.06 bits per heavy atom. The lowest BCUT2D eigenvalue weighted by atomic mass is 9.79. The van der Waals surface area contributed by atoms with E-state index in [2.05, 4.69) is 30.2 Å². The molecule has 2 fully saturated rings. The number of pyridine rings is 3. The first-order valence-electron chi connectivity index (χ1n) is 11.8. The van der Waals surface area contributed by atoms with Crippen molar-refractivity contribution in [2.75, 3.05) is 11.9 Å². The third kappa shape index (κ3) is 3.69. The van der Waals surface area contributed by atoms with Crippen LogP contribution in [0.15, 0.2) is 30.6 Å². The lowest BCUT2D eigenvalue weighted by Gasteiger charge is -2.27. The first-order valence-corrected chi connectivity index (χ1v) is 11.8. The molecule has 33 heavy (non-hydrogen) atoms. The van der Waals surface area contributed by atoms with E-state index >= 15 is 0 Å². The number of anilines is 2. The molecule has 0 spiro atoms. The number of cyclic esters (lactones) is 1. The van der Waals surface area contributed by atoms with Crippen LogP contribution in [0, 0.1) is 5.92 Å². The highest BCUT2D eigenvalue weighted by molar-refractivity contribution is 5.93. The molecule has 170 valence electrons. The van der Waals surface area contributed by atoms with Gasteiger partial charge in [0.25, 0.3) is 0 Å². The normalized spacial score (nSPS) is 20.3. The molecule has 7 nitrogen and oxygen atoms in total. The fourth-order valence-electron chi connectivity index (χ4n) is 4.74. The summed E-state index contributed by atoms with van der Waals surface area (Å²) in [5.74, 6) is 2.45. The zero-order chi connectivity index (χ0) is 22.7. The molecular formula is C26H28N4O3. The Morgan fingerprint density at radius 3 is 2.64 bits per heavy atom. The number of ether oxygens (including phenoxy) is 2. The minimum absolute atomic E-state index is 0.0296. The number of rotatable bonds is 6. The van der Waals surface area contributed by atoms with Gasteiger partial charge in [0.2, 0.25) is 5.88 Å². The van der Waals surface area contributed by atoms with Gasteiger partial charge in [0.05, 0.1) is 23.3 Å². The monoisotopic (exact) mass is 444 g/mol. The maximum absolute atomic E-state index is 12.0. The van der Waals surface area contributed by atoms with Crippen molar-refractivity contribution in [1.29, 1.82) is 0 Å². The Bertz CT molecular complexity index is 1260. The zero-order valence-electron chi connectivity index (χ0n) is 19.2. The SMILES string of the molecule is C[C@H]1COC(=O)c2ccc(Nc3cc4c(C(C)(C)C5CC5)cnc(OC5CC5)c4cn3)nc21. The third-order valence-electron chi connectivity index (χ3n) is 7.16. The van der Waals surface area contributed by atoms with Crippen molar-refractivity contribution in [3.05, 3.63) is 47.4 Å². The number of nitrogens with one attached hydrogen (secondary N) is 1. The Morgan fingerprint density at radius 2 is 1.88 bits per heavy atom. The molecule has 1 atom stereocenters. The van der Waals surface area contributed by atoms with Crippen LogP contribution >= 0.6 is 0 Å². The molecule has 2 aliphatic carbocycles.